The summed E-state index contributed by atoms with van der Waals surface area (Å²) >= 11 is 1.88. The van der Waals surface area contributed by atoms with E-state index in [1.807, 2.05) is 11.3 Å². The highest BCUT2D eigenvalue weighted by atomic mass is 32.1. The Hall–Kier alpha value is -6.36. The summed E-state index contributed by atoms with van der Waals surface area (Å²) in [4.78, 5) is 0. The predicted molar refractivity (Wildman–Crippen MR) is 225 cm³/mol. The first kappa shape index (κ1) is 29.4. The number of thiophene rings is 1. The Balaban J connectivity index is 1.28. The SMILES string of the molecule is [B]1c2cc3sc4ccccc4c3cc2-n2c3ccccc3c3c(-c4ccccc4-c4ccccc4)cc(-c4ccccc4Nc4ccccc4)c1c32. The molecule has 241 valence electrons. The number of aromatic nitrogens is 1. The van der Waals surface area contributed by atoms with Crippen LogP contribution in [0.25, 0.3) is 81.0 Å². The van der Waals surface area contributed by atoms with Gasteiger partial charge in [-0.3, -0.25) is 0 Å². The maximum atomic E-state index is 3.77. The van der Waals surface area contributed by atoms with Crippen LogP contribution in [0.15, 0.2) is 176 Å². The maximum Gasteiger partial charge on any atom is 0.197 e. The van der Waals surface area contributed by atoms with Crippen molar-refractivity contribution in [2.75, 3.05) is 5.32 Å². The summed E-state index contributed by atoms with van der Waals surface area (Å²) in [7, 11) is 2.45. The van der Waals surface area contributed by atoms with Crippen LogP contribution < -0.4 is 16.2 Å². The molecule has 0 aliphatic carbocycles. The third-order valence-corrected chi connectivity index (χ3v) is 11.8. The van der Waals surface area contributed by atoms with Crippen LogP contribution in [0.3, 0.4) is 0 Å². The van der Waals surface area contributed by atoms with Crippen LogP contribution in [0.2, 0.25) is 0 Å². The highest BCUT2D eigenvalue weighted by molar-refractivity contribution is 7.26. The summed E-state index contributed by atoms with van der Waals surface area (Å²) in [5.41, 5.74) is 15.6. The van der Waals surface area contributed by atoms with E-state index in [4.69, 9.17) is 0 Å². The average Bonchev–Trinajstić information content (AvgIpc) is 3.75. The average molecular weight is 678 g/mol. The number of anilines is 2. The van der Waals surface area contributed by atoms with Crippen LogP contribution in [0.5, 0.6) is 0 Å². The number of hydrogen-bond donors (Lipinski definition) is 1. The molecule has 3 heterocycles. The fraction of sp³-hybridized carbons (Fsp3) is 0. The Morgan fingerprint density at radius 1 is 0.481 bits per heavy atom. The van der Waals surface area contributed by atoms with E-state index >= 15 is 0 Å². The van der Waals surface area contributed by atoms with Gasteiger partial charge in [-0.15, -0.1) is 11.3 Å². The van der Waals surface area contributed by atoms with E-state index in [-0.39, 0.29) is 0 Å². The van der Waals surface area contributed by atoms with Gasteiger partial charge in [0, 0.05) is 59.1 Å². The van der Waals surface area contributed by atoms with Crippen molar-refractivity contribution >= 4 is 82.9 Å². The van der Waals surface area contributed by atoms with Gasteiger partial charge in [0.15, 0.2) is 7.28 Å². The first-order chi connectivity index (χ1) is 25.8. The Bertz CT molecular complexity index is 3010. The molecule has 0 atom stereocenters. The molecule has 0 fully saturated rings. The lowest BCUT2D eigenvalue weighted by Crippen LogP contribution is -2.37. The van der Waals surface area contributed by atoms with Crippen molar-refractivity contribution in [3.63, 3.8) is 0 Å². The fourth-order valence-corrected chi connectivity index (χ4v) is 9.49. The van der Waals surface area contributed by atoms with E-state index in [1.165, 1.54) is 92.0 Å². The van der Waals surface area contributed by atoms with Gasteiger partial charge in [-0.2, -0.15) is 0 Å². The fourth-order valence-electron chi connectivity index (χ4n) is 8.35. The van der Waals surface area contributed by atoms with Crippen molar-refractivity contribution in [1.29, 1.82) is 0 Å². The molecule has 2 nitrogen and oxygen atoms in total. The summed E-state index contributed by atoms with van der Waals surface area (Å²) in [5, 5.41) is 8.93. The zero-order valence-electron chi connectivity index (χ0n) is 28.2. The molecule has 1 radical (unpaired) electrons. The molecule has 0 saturated heterocycles. The quantitative estimate of drug-likeness (QED) is 0.179. The minimum atomic E-state index is 1.06. The van der Waals surface area contributed by atoms with Crippen LogP contribution >= 0.6 is 11.3 Å². The Morgan fingerprint density at radius 2 is 1.15 bits per heavy atom. The molecule has 8 aromatic carbocycles. The van der Waals surface area contributed by atoms with Crippen molar-refractivity contribution in [1.82, 2.24) is 4.57 Å². The second kappa shape index (κ2) is 11.6. The van der Waals surface area contributed by atoms with Crippen molar-refractivity contribution in [3.8, 4) is 39.1 Å². The third-order valence-electron chi connectivity index (χ3n) is 10.6. The second-order valence-electron chi connectivity index (χ2n) is 13.6. The molecule has 0 amide bonds. The monoisotopic (exact) mass is 677 g/mol. The lowest BCUT2D eigenvalue weighted by Gasteiger charge is -2.25. The molecular formula is C48H30BN2S. The highest BCUT2D eigenvalue weighted by Gasteiger charge is 2.30. The second-order valence-corrected chi connectivity index (χ2v) is 14.6. The molecule has 0 bridgehead atoms. The first-order valence-electron chi connectivity index (χ1n) is 17.8. The van der Waals surface area contributed by atoms with Gasteiger partial charge >= 0.3 is 0 Å². The molecule has 4 heteroatoms. The minimum Gasteiger partial charge on any atom is -0.355 e. The zero-order chi connectivity index (χ0) is 34.2. The molecular weight excluding hydrogens is 647 g/mol. The molecule has 1 aliphatic heterocycles. The van der Waals surface area contributed by atoms with Crippen LogP contribution in [-0.2, 0) is 0 Å². The van der Waals surface area contributed by atoms with E-state index in [9.17, 15) is 0 Å². The molecule has 0 saturated carbocycles. The van der Waals surface area contributed by atoms with Crippen LogP contribution in [0.1, 0.15) is 0 Å². The number of hydrogen-bond acceptors (Lipinski definition) is 2. The van der Waals surface area contributed by atoms with Gasteiger partial charge in [-0.05, 0) is 81.8 Å². The molecule has 1 N–H and O–H groups in total. The van der Waals surface area contributed by atoms with Crippen LogP contribution in [-0.4, -0.2) is 11.8 Å². The smallest absolute Gasteiger partial charge is 0.197 e. The minimum absolute atomic E-state index is 1.06. The molecule has 52 heavy (non-hydrogen) atoms. The molecule has 0 spiro atoms. The molecule has 10 aromatic rings. The summed E-state index contributed by atoms with van der Waals surface area (Å²) < 4.78 is 5.18. The van der Waals surface area contributed by atoms with Gasteiger partial charge in [0.25, 0.3) is 0 Å². The maximum absolute atomic E-state index is 3.77. The topological polar surface area (TPSA) is 17.0 Å². The first-order valence-corrected chi connectivity index (χ1v) is 18.6. The standard InChI is InChI=1S/C48H30BN2S/c1-3-15-30(16-4-1)32-19-7-8-20-33(32)38-27-39(34-21-9-12-24-41(34)50-31-17-5-2-6-18-31)47-48-46(38)36-23-10-13-25-42(36)51(48)43-28-37-35-22-11-14-26-44(35)52-45(37)29-40(43)49-47/h1-29,50H. The van der Waals surface area contributed by atoms with Gasteiger partial charge < -0.3 is 9.88 Å². The third kappa shape index (κ3) is 4.44. The van der Waals surface area contributed by atoms with E-state index in [0.717, 1.165) is 11.4 Å². The largest absolute Gasteiger partial charge is 0.355 e. The van der Waals surface area contributed by atoms with Crippen molar-refractivity contribution in [3.05, 3.63) is 176 Å². The van der Waals surface area contributed by atoms with Crippen molar-refractivity contribution < 1.29 is 0 Å². The normalized spacial score (nSPS) is 12.0. The predicted octanol–water partition coefficient (Wildman–Crippen LogP) is 11.9. The number of rotatable bonds is 5. The summed E-state index contributed by atoms with van der Waals surface area (Å²) in [6, 6.07) is 64.0. The van der Waals surface area contributed by atoms with Gasteiger partial charge in [0.2, 0.25) is 0 Å². The number of nitrogens with zero attached hydrogens (tertiary/aromatic N) is 1. The highest BCUT2D eigenvalue weighted by Crippen LogP contribution is 2.46. The molecule has 0 unspecified atom stereocenters. The van der Waals surface area contributed by atoms with Crippen LogP contribution in [0.4, 0.5) is 11.4 Å². The van der Waals surface area contributed by atoms with Crippen molar-refractivity contribution in [2.45, 2.75) is 0 Å². The number of nitrogens with one attached hydrogen (secondary N) is 1. The van der Waals surface area contributed by atoms with E-state index in [1.54, 1.807) is 0 Å². The summed E-state index contributed by atoms with van der Waals surface area (Å²) in [6.45, 7) is 0. The molecule has 11 rings (SSSR count). The van der Waals surface area contributed by atoms with E-state index in [2.05, 4.69) is 193 Å². The van der Waals surface area contributed by atoms with Crippen molar-refractivity contribution in [2.24, 2.45) is 0 Å². The number of benzene rings is 8. The Kier molecular flexibility index (Phi) is 6.55. The zero-order valence-corrected chi connectivity index (χ0v) is 29.0. The lowest BCUT2D eigenvalue weighted by molar-refractivity contribution is 1.20. The van der Waals surface area contributed by atoms with Gasteiger partial charge in [-0.1, -0.05) is 133 Å². The lowest BCUT2D eigenvalue weighted by atomic mass is 9.58. The molecule has 1 aliphatic rings. The Labute approximate surface area is 306 Å². The van der Waals surface area contributed by atoms with Gasteiger partial charge in [0.1, 0.15) is 0 Å². The number of para-hydroxylation sites is 3. The van der Waals surface area contributed by atoms with Gasteiger partial charge in [0.05, 0.1) is 5.52 Å². The van der Waals surface area contributed by atoms with Gasteiger partial charge in [-0.25, -0.2) is 0 Å². The summed E-state index contributed by atoms with van der Waals surface area (Å²) in [6.07, 6.45) is 0. The Morgan fingerprint density at radius 3 is 2.00 bits per heavy atom. The summed E-state index contributed by atoms with van der Waals surface area (Å²) in [5.74, 6) is 0. The van der Waals surface area contributed by atoms with E-state index in [0.29, 0.717) is 0 Å². The number of fused-ring (bicyclic) bond motifs is 8. The van der Waals surface area contributed by atoms with Crippen LogP contribution in [0, 0.1) is 0 Å². The molecule has 2 aromatic heterocycles. The van der Waals surface area contributed by atoms with E-state index < -0.39 is 0 Å².